The van der Waals surface area contributed by atoms with Crippen molar-refractivity contribution in [2.24, 2.45) is 0 Å². The maximum Gasteiger partial charge on any atom is 0.252 e. The van der Waals surface area contributed by atoms with Crippen molar-refractivity contribution in [3.05, 3.63) is 47.2 Å². The summed E-state index contributed by atoms with van der Waals surface area (Å²) in [5, 5.41) is 10.7. The zero-order valence-corrected chi connectivity index (χ0v) is 15.9. The summed E-state index contributed by atoms with van der Waals surface area (Å²) in [6.07, 6.45) is 1.86. The molecule has 1 atom stereocenters. The van der Waals surface area contributed by atoms with Crippen molar-refractivity contribution in [2.75, 3.05) is 18.9 Å². The van der Waals surface area contributed by atoms with Gasteiger partial charge in [-0.05, 0) is 25.0 Å². The number of anilines is 1. The van der Waals surface area contributed by atoms with Crippen molar-refractivity contribution in [2.45, 2.75) is 31.9 Å². The average Bonchev–Trinajstić information content (AvgIpc) is 3.41. The molecule has 4 heterocycles. The molecule has 29 heavy (non-hydrogen) atoms. The van der Waals surface area contributed by atoms with E-state index < -0.39 is 0 Å². The molecule has 2 aromatic heterocycles. The van der Waals surface area contributed by atoms with Crippen LogP contribution in [-0.2, 0) is 22.5 Å². The molecule has 0 bridgehead atoms. The van der Waals surface area contributed by atoms with Crippen molar-refractivity contribution < 1.29 is 13.9 Å². The fourth-order valence-corrected chi connectivity index (χ4v) is 4.23. The molecular formula is C22H20N4O3. The molecule has 0 saturated carbocycles. The van der Waals surface area contributed by atoms with Crippen molar-refractivity contribution in [3.8, 4) is 17.4 Å². The highest BCUT2D eigenvalue weighted by atomic mass is 16.5. The number of hydrogen-bond donors (Lipinski definition) is 1. The number of nitriles is 1. The molecule has 7 heteroatoms. The van der Waals surface area contributed by atoms with Gasteiger partial charge in [0.15, 0.2) is 0 Å². The largest absolute Gasteiger partial charge is 0.456 e. The molecule has 1 amide bonds. The highest BCUT2D eigenvalue weighted by Gasteiger charge is 2.33. The van der Waals surface area contributed by atoms with Gasteiger partial charge in [-0.25, -0.2) is 4.98 Å². The maximum atomic E-state index is 12.9. The number of rotatable bonds is 2. The summed E-state index contributed by atoms with van der Waals surface area (Å²) < 4.78 is 11.6. The number of carbonyl (C=O) groups is 1. The van der Waals surface area contributed by atoms with Crippen molar-refractivity contribution in [1.82, 2.24) is 9.88 Å². The predicted octanol–water partition coefficient (Wildman–Crippen LogP) is 3.01. The Kier molecular flexibility index (Phi) is 4.22. The summed E-state index contributed by atoms with van der Waals surface area (Å²) in [6, 6.07) is 11.8. The number of nitrogens with zero attached hydrogens (tertiary/aromatic N) is 3. The molecule has 2 aliphatic heterocycles. The second-order valence-corrected chi connectivity index (χ2v) is 7.44. The van der Waals surface area contributed by atoms with Crippen LogP contribution in [0, 0.1) is 11.3 Å². The minimum atomic E-state index is -0.372. The zero-order chi connectivity index (χ0) is 20.0. The van der Waals surface area contributed by atoms with Crippen LogP contribution >= 0.6 is 0 Å². The Balaban J connectivity index is 1.62. The third-order valence-electron chi connectivity index (χ3n) is 5.68. The molecule has 2 N–H and O–H groups in total. The molecule has 1 saturated heterocycles. The fourth-order valence-electron chi connectivity index (χ4n) is 4.23. The van der Waals surface area contributed by atoms with Gasteiger partial charge in [-0.15, -0.1) is 0 Å². The molecule has 0 unspecified atom stereocenters. The van der Waals surface area contributed by atoms with Crippen LogP contribution in [0.4, 0.5) is 5.82 Å². The molecule has 5 rings (SSSR count). The standard InChI is InChI=1S/C22H20N4O3/c23-11-14-20(19-10-13-4-1-2-5-17(13)29-19)15-12-26(8-7-16(15)25-21(14)24)22(27)18-6-3-9-28-18/h1-2,4-5,10,18H,3,6-9,12H2,(H2,24,25)/t18-/m0/s1. The van der Waals surface area contributed by atoms with Crippen LogP contribution in [0.15, 0.2) is 34.7 Å². The van der Waals surface area contributed by atoms with Crippen LogP contribution in [0.2, 0.25) is 0 Å². The number of aromatic nitrogens is 1. The van der Waals surface area contributed by atoms with E-state index >= 15 is 0 Å². The highest BCUT2D eigenvalue weighted by Crippen LogP contribution is 2.38. The number of nitrogens with two attached hydrogens (primary N) is 1. The van der Waals surface area contributed by atoms with Crippen LogP contribution in [0.1, 0.15) is 29.7 Å². The fraction of sp³-hybridized carbons (Fsp3) is 0.318. The van der Waals surface area contributed by atoms with Gasteiger partial charge in [0.1, 0.15) is 34.9 Å². The van der Waals surface area contributed by atoms with E-state index in [1.807, 2.05) is 30.3 Å². The lowest BCUT2D eigenvalue weighted by Crippen LogP contribution is -2.42. The van der Waals surface area contributed by atoms with Crippen LogP contribution in [0.3, 0.4) is 0 Å². The molecule has 1 aromatic carbocycles. The minimum Gasteiger partial charge on any atom is -0.456 e. The second-order valence-electron chi connectivity index (χ2n) is 7.44. The first-order valence-electron chi connectivity index (χ1n) is 9.76. The van der Waals surface area contributed by atoms with Crippen LogP contribution < -0.4 is 5.73 Å². The summed E-state index contributed by atoms with van der Waals surface area (Å²) in [7, 11) is 0. The van der Waals surface area contributed by atoms with Gasteiger partial charge in [-0.1, -0.05) is 18.2 Å². The first-order valence-corrected chi connectivity index (χ1v) is 9.76. The van der Waals surface area contributed by atoms with E-state index in [1.54, 1.807) is 4.90 Å². The smallest absolute Gasteiger partial charge is 0.252 e. The molecule has 0 radical (unpaired) electrons. The predicted molar refractivity (Wildman–Crippen MR) is 107 cm³/mol. The van der Waals surface area contributed by atoms with Gasteiger partial charge in [0.25, 0.3) is 5.91 Å². The lowest BCUT2D eigenvalue weighted by Gasteiger charge is -2.31. The van der Waals surface area contributed by atoms with Crippen LogP contribution in [0.5, 0.6) is 0 Å². The molecule has 146 valence electrons. The number of ether oxygens (including phenoxy) is 1. The Morgan fingerprint density at radius 1 is 1.34 bits per heavy atom. The summed E-state index contributed by atoms with van der Waals surface area (Å²) in [5.41, 5.74) is 9.40. The number of para-hydroxylation sites is 1. The van der Waals surface area contributed by atoms with Crippen molar-refractivity contribution in [1.29, 1.82) is 5.26 Å². The number of benzene rings is 1. The number of nitrogen functional groups attached to an aromatic ring is 1. The normalized spacial score (nSPS) is 18.6. The second kappa shape index (κ2) is 6.90. The van der Waals surface area contributed by atoms with Gasteiger partial charge in [0.05, 0.1) is 5.69 Å². The molecule has 3 aromatic rings. The molecule has 1 fully saturated rings. The number of hydrogen-bond acceptors (Lipinski definition) is 6. The third-order valence-corrected chi connectivity index (χ3v) is 5.68. The Morgan fingerprint density at radius 2 is 2.21 bits per heavy atom. The summed E-state index contributed by atoms with van der Waals surface area (Å²) in [5.74, 6) is 0.763. The average molecular weight is 388 g/mol. The highest BCUT2D eigenvalue weighted by molar-refractivity contribution is 5.87. The quantitative estimate of drug-likeness (QED) is 0.723. The van der Waals surface area contributed by atoms with E-state index in [9.17, 15) is 10.1 Å². The van der Waals surface area contributed by atoms with Gasteiger partial charge in [0.2, 0.25) is 0 Å². The van der Waals surface area contributed by atoms with Gasteiger partial charge in [0, 0.05) is 42.6 Å². The number of amides is 1. The van der Waals surface area contributed by atoms with Crippen molar-refractivity contribution in [3.63, 3.8) is 0 Å². The van der Waals surface area contributed by atoms with Crippen molar-refractivity contribution >= 4 is 22.7 Å². The lowest BCUT2D eigenvalue weighted by atomic mass is 9.94. The van der Waals surface area contributed by atoms with E-state index in [-0.39, 0.29) is 23.4 Å². The Labute approximate surface area is 167 Å². The SMILES string of the molecule is N#Cc1c(N)nc2c(c1-c1cc3ccccc3o1)CN(C(=O)[C@@H]1CCCO1)CC2. The Bertz CT molecular complexity index is 1120. The lowest BCUT2D eigenvalue weighted by molar-refractivity contribution is -0.141. The minimum absolute atomic E-state index is 0.000890. The van der Waals surface area contributed by atoms with Gasteiger partial charge >= 0.3 is 0 Å². The van der Waals surface area contributed by atoms with Crippen LogP contribution in [-0.4, -0.2) is 35.0 Å². The van der Waals surface area contributed by atoms with Gasteiger partial charge < -0.3 is 19.8 Å². The molecule has 7 nitrogen and oxygen atoms in total. The zero-order valence-electron chi connectivity index (χ0n) is 15.9. The summed E-state index contributed by atoms with van der Waals surface area (Å²) >= 11 is 0. The first-order chi connectivity index (χ1) is 14.2. The van der Waals surface area contributed by atoms with E-state index in [2.05, 4.69) is 11.1 Å². The molecule has 2 aliphatic rings. The number of fused-ring (bicyclic) bond motifs is 2. The summed E-state index contributed by atoms with van der Waals surface area (Å²) in [6.45, 7) is 1.55. The molecular weight excluding hydrogens is 368 g/mol. The van der Waals surface area contributed by atoms with Gasteiger partial charge in [-0.3, -0.25) is 4.79 Å². The molecule has 0 spiro atoms. The third kappa shape index (κ3) is 2.93. The molecule has 0 aliphatic carbocycles. The van der Waals surface area contributed by atoms with Crippen LogP contribution in [0.25, 0.3) is 22.3 Å². The first kappa shape index (κ1) is 17.7. The monoisotopic (exact) mass is 388 g/mol. The number of carbonyl (C=O) groups excluding carboxylic acids is 1. The van der Waals surface area contributed by atoms with E-state index in [0.29, 0.717) is 37.4 Å². The van der Waals surface area contributed by atoms with E-state index in [0.717, 1.165) is 35.1 Å². The maximum absolute atomic E-state index is 12.9. The summed E-state index contributed by atoms with van der Waals surface area (Å²) in [4.78, 5) is 19.1. The topological polar surface area (TPSA) is 105 Å². The number of furan rings is 1. The van der Waals surface area contributed by atoms with Gasteiger partial charge in [-0.2, -0.15) is 5.26 Å². The number of pyridine rings is 1. The van der Waals surface area contributed by atoms with E-state index in [1.165, 1.54) is 0 Å². The Morgan fingerprint density at radius 3 is 2.97 bits per heavy atom. The Hall–Kier alpha value is -3.37. The van der Waals surface area contributed by atoms with E-state index in [4.69, 9.17) is 14.9 Å².